The zero-order valence-electron chi connectivity index (χ0n) is 12.0. The monoisotopic (exact) mass is 289 g/mol. The van der Waals surface area contributed by atoms with Crippen molar-refractivity contribution in [2.75, 3.05) is 0 Å². The third kappa shape index (κ3) is 4.62. The molecule has 0 spiro atoms. The van der Waals surface area contributed by atoms with Crippen molar-refractivity contribution < 1.29 is 9.90 Å². The molecule has 0 bridgehead atoms. The lowest BCUT2D eigenvalue weighted by Crippen LogP contribution is -2.17. The van der Waals surface area contributed by atoms with Gasteiger partial charge in [0.2, 0.25) is 0 Å². The fraction of sp³-hybridized carbons (Fsp3) is 0.500. The van der Waals surface area contributed by atoms with Crippen molar-refractivity contribution in [3.8, 4) is 0 Å². The van der Waals surface area contributed by atoms with E-state index < -0.39 is 5.97 Å². The fourth-order valence-electron chi connectivity index (χ4n) is 2.18. The predicted molar refractivity (Wildman–Crippen MR) is 75.5 cm³/mol. The summed E-state index contributed by atoms with van der Waals surface area (Å²) >= 11 is 0. The molecule has 0 aliphatic rings. The van der Waals surface area contributed by atoms with Gasteiger partial charge in [-0.25, -0.2) is 4.68 Å². The van der Waals surface area contributed by atoms with E-state index in [4.69, 9.17) is 5.11 Å². The highest BCUT2D eigenvalue weighted by atomic mass is 16.4. The molecule has 7 heteroatoms. The number of aryl methyl sites for hydroxylation is 2. The third-order valence-electron chi connectivity index (χ3n) is 3.46. The number of aromatic nitrogens is 5. The van der Waals surface area contributed by atoms with Crippen molar-refractivity contribution in [3.63, 3.8) is 0 Å². The quantitative estimate of drug-likeness (QED) is 0.788. The Morgan fingerprint density at radius 1 is 1.33 bits per heavy atom. The van der Waals surface area contributed by atoms with Gasteiger partial charge in [-0.15, -0.1) is 5.10 Å². The van der Waals surface area contributed by atoms with E-state index >= 15 is 0 Å². The molecule has 7 nitrogen and oxygen atoms in total. The Kier molecular flexibility index (Phi) is 5.36. The Balaban J connectivity index is 1.96. The van der Waals surface area contributed by atoms with Crippen LogP contribution in [0.5, 0.6) is 0 Å². The van der Waals surface area contributed by atoms with Gasteiger partial charge in [-0.05, 0) is 40.5 Å². The summed E-state index contributed by atoms with van der Waals surface area (Å²) in [6, 6.07) is 3.93. The highest BCUT2D eigenvalue weighted by Crippen LogP contribution is 2.12. The Morgan fingerprint density at radius 3 is 2.76 bits per heavy atom. The van der Waals surface area contributed by atoms with E-state index in [-0.39, 0.29) is 12.3 Å². The standard InChI is InChI=1S/C14H19N5O2/c1-2-11(9-14(20)21)10-19-13(16-17-18-19)4-3-12-5-7-15-8-6-12/h5-8,11H,2-4,9-10H2,1H3,(H,20,21). The van der Waals surface area contributed by atoms with Gasteiger partial charge in [-0.2, -0.15) is 0 Å². The van der Waals surface area contributed by atoms with Crippen molar-refractivity contribution in [2.45, 2.75) is 39.2 Å². The summed E-state index contributed by atoms with van der Waals surface area (Å²) in [6.07, 6.45) is 6.01. The fourth-order valence-corrected chi connectivity index (χ4v) is 2.18. The van der Waals surface area contributed by atoms with Crippen molar-refractivity contribution in [1.29, 1.82) is 0 Å². The van der Waals surface area contributed by atoms with E-state index in [9.17, 15) is 4.79 Å². The molecule has 0 radical (unpaired) electrons. The van der Waals surface area contributed by atoms with Gasteiger partial charge in [0, 0.05) is 31.8 Å². The number of carboxylic acid groups (broad SMARTS) is 1. The molecule has 0 fully saturated rings. The van der Waals surface area contributed by atoms with Gasteiger partial charge in [0.25, 0.3) is 0 Å². The number of hydrogen-bond donors (Lipinski definition) is 1. The average Bonchev–Trinajstić information content (AvgIpc) is 2.92. The van der Waals surface area contributed by atoms with Crippen LogP contribution in [0, 0.1) is 5.92 Å². The molecule has 1 N–H and O–H groups in total. The molecule has 2 aromatic heterocycles. The van der Waals surface area contributed by atoms with Gasteiger partial charge >= 0.3 is 5.97 Å². The normalized spacial score (nSPS) is 12.2. The van der Waals surface area contributed by atoms with Crippen molar-refractivity contribution in [3.05, 3.63) is 35.9 Å². The molecule has 0 saturated carbocycles. The number of carbonyl (C=O) groups is 1. The van der Waals surface area contributed by atoms with Crippen LogP contribution in [0.15, 0.2) is 24.5 Å². The van der Waals surface area contributed by atoms with Crippen LogP contribution in [0.1, 0.15) is 31.2 Å². The maximum Gasteiger partial charge on any atom is 0.303 e. The van der Waals surface area contributed by atoms with Gasteiger partial charge in [0.1, 0.15) is 0 Å². The first kappa shape index (κ1) is 15.1. The number of pyridine rings is 1. The summed E-state index contributed by atoms with van der Waals surface area (Å²) in [7, 11) is 0. The minimum absolute atomic E-state index is 0.0469. The van der Waals surface area contributed by atoms with Crippen molar-refractivity contribution in [2.24, 2.45) is 5.92 Å². The second-order valence-corrected chi connectivity index (χ2v) is 5.00. The molecule has 0 aromatic carbocycles. The Morgan fingerprint density at radius 2 is 2.10 bits per heavy atom. The third-order valence-corrected chi connectivity index (χ3v) is 3.46. The first-order chi connectivity index (χ1) is 10.2. The Hall–Kier alpha value is -2.31. The number of hydrogen-bond acceptors (Lipinski definition) is 5. The van der Waals surface area contributed by atoms with Crippen LogP contribution in [0.3, 0.4) is 0 Å². The van der Waals surface area contributed by atoms with Gasteiger partial charge in [0.15, 0.2) is 5.82 Å². The van der Waals surface area contributed by atoms with Crippen LogP contribution in [-0.2, 0) is 24.2 Å². The predicted octanol–water partition coefficient (Wildman–Crippen LogP) is 1.35. The molecule has 1 atom stereocenters. The van der Waals surface area contributed by atoms with Gasteiger partial charge in [-0.1, -0.05) is 13.3 Å². The molecule has 1 unspecified atom stereocenters. The Labute approximate surface area is 123 Å². The highest BCUT2D eigenvalue weighted by Gasteiger charge is 2.15. The van der Waals surface area contributed by atoms with Crippen molar-refractivity contribution in [1.82, 2.24) is 25.2 Å². The molecule has 2 aromatic rings. The first-order valence-corrected chi connectivity index (χ1v) is 7.04. The van der Waals surface area contributed by atoms with Crippen molar-refractivity contribution >= 4 is 5.97 Å². The lowest BCUT2D eigenvalue weighted by molar-refractivity contribution is -0.138. The number of nitrogens with zero attached hydrogens (tertiary/aromatic N) is 5. The van der Waals surface area contributed by atoms with Crippen LogP contribution in [-0.4, -0.2) is 36.3 Å². The van der Waals surface area contributed by atoms with Crippen LogP contribution in [0.4, 0.5) is 0 Å². The van der Waals surface area contributed by atoms with E-state index in [2.05, 4.69) is 20.5 Å². The number of tetrazole rings is 1. The number of aliphatic carboxylic acids is 1. The van der Waals surface area contributed by atoms with Crippen LogP contribution >= 0.6 is 0 Å². The molecule has 112 valence electrons. The van der Waals surface area contributed by atoms with Crippen LogP contribution in [0.25, 0.3) is 0 Å². The lowest BCUT2D eigenvalue weighted by atomic mass is 10.0. The molecule has 0 amide bonds. The number of carboxylic acids is 1. The molecule has 21 heavy (non-hydrogen) atoms. The molecule has 0 aliphatic heterocycles. The Bertz CT molecular complexity index is 570. The summed E-state index contributed by atoms with van der Waals surface area (Å²) in [5, 5.41) is 20.6. The maximum atomic E-state index is 10.8. The summed E-state index contributed by atoms with van der Waals surface area (Å²) in [5.74, 6) is 0.0505. The number of rotatable bonds is 8. The van der Waals surface area contributed by atoms with Gasteiger partial charge in [-0.3, -0.25) is 9.78 Å². The maximum absolute atomic E-state index is 10.8. The van der Waals surface area contributed by atoms with Gasteiger partial charge < -0.3 is 5.11 Å². The van der Waals surface area contributed by atoms with E-state index in [0.29, 0.717) is 6.54 Å². The second kappa shape index (κ2) is 7.47. The largest absolute Gasteiger partial charge is 0.481 e. The SMILES string of the molecule is CCC(CC(=O)O)Cn1nnnc1CCc1ccncc1. The molecule has 0 aliphatic carbocycles. The zero-order valence-corrected chi connectivity index (χ0v) is 12.0. The average molecular weight is 289 g/mol. The molecule has 2 heterocycles. The van der Waals surface area contributed by atoms with E-state index in [1.807, 2.05) is 19.1 Å². The molecular formula is C14H19N5O2. The van der Waals surface area contributed by atoms with Crippen LogP contribution in [0.2, 0.25) is 0 Å². The van der Waals surface area contributed by atoms with E-state index in [1.54, 1.807) is 17.1 Å². The summed E-state index contributed by atoms with van der Waals surface area (Å²) in [6.45, 7) is 2.52. The zero-order chi connectivity index (χ0) is 15.1. The first-order valence-electron chi connectivity index (χ1n) is 7.04. The van der Waals surface area contributed by atoms with Gasteiger partial charge in [0.05, 0.1) is 0 Å². The summed E-state index contributed by atoms with van der Waals surface area (Å²) in [5.41, 5.74) is 1.18. The highest BCUT2D eigenvalue weighted by molar-refractivity contribution is 5.66. The molecule has 2 rings (SSSR count). The second-order valence-electron chi connectivity index (χ2n) is 5.00. The summed E-state index contributed by atoms with van der Waals surface area (Å²) < 4.78 is 1.72. The van der Waals surface area contributed by atoms with E-state index in [0.717, 1.165) is 25.1 Å². The van der Waals surface area contributed by atoms with E-state index in [1.165, 1.54) is 5.56 Å². The topological polar surface area (TPSA) is 93.8 Å². The van der Waals surface area contributed by atoms with Crippen LogP contribution < -0.4 is 0 Å². The lowest BCUT2D eigenvalue weighted by Gasteiger charge is -2.13. The molecular weight excluding hydrogens is 270 g/mol. The smallest absolute Gasteiger partial charge is 0.303 e. The summed E-state index contributed by atoms with van der Waals surface area (Å²) in [4.78, 5) is 14.8. The minimum Gasteiger partial charge on any atom is -0.481 e. The minimum atomic E-state index is -0.784. The molecule has 0 saturated heterocycles.